The first kappa shape index (κ1) is 30.1. The van der Waals surface area contributed by atoms with E-state index in [0.29, 0.717) is 73.2 Å². The molecule has 13 heteroatoms. The minimum atomic E-state index is -0.393. The smallest absolute Gasteiger partial charge is 0.323 e. The number of likely N-dealkylation sites (N-methyl/N-ethyl adjacent to an activating group) is 1. The summed E-state index contributed by atoms with van der Waals surface area (Å²) in [6.45, 7) is 5.77. The zero-order valence-electron chi connectivity index (χ0n) is 26.0. The highest BCUT2D eigenvalue weighted by molar-refractivity contribution is 6.00. The van der Waals surface area contributed by atoms with Crippen LogP contribution < -0.4 is 15.5 Å². The molecule has 0 atom stereocenters. The Hall–Kier alpha value is -5.53. The summed E-state index contributed by atoms with van der Waals surface area (Å²) in [5, 5.41) is 5.70. The first-order valence-corrected chi connectivity index (χ1v) is 15.5. The van der Waals surface area contributed by atoms with Crippen LogP contribution in [0, 0.1) is 0 Å². The number of nitrogens with one attached hydrogen (secondary N) is 2. The number of morpholine rings is 1. The maximum Gasteiger partial charge on any atom is 0.323 e. The van der Waals surface area contributed by atoms with Crippen LogP contribution in [0.2, 0.25) is 0 Å². The van der Waals surface area contributed by atoms with Crippen LogP contribution in [0.15, 0.2) is 79.5 Å². The van der Waals surface area contributed by atoms with Gasteiger partial charge in [0.2, 0.25) is 0 Å². The van der Waals surface area contributed by atoms with Crippen molar-refractivity contribution < 1.29 is 14.3 Å². The molecule has 0 bridgehead atoms. The number of amides is 3. The van der Waals surface area contributed by atoms with Gasteiger partial charge in [0.25, 0.3) is 5.91 Å². The molecule has 2 aromatic carbocycles. The Kier molecular flexibility index (Phi) is 8.62. The van der Waals surface area contributed by atoms with Crippen molar-refractivity contribution in [1.29, 1.82) is 0 Å². The number of benzene rings is 2. The van der Waals surface area contributed by atoms with E-state index in [1.165, 1.54) is 6.33 Å². The fraction of sp³-hybridized carbons (Fsp3) is 0.265. The quantitative estimate of drug-likeness (QED) is 0.283. The average Bonchev–Trinajstić information content (AvgIpc) is 3.12. The number of piperazine rings is 1. The molecule has 5 heterocycles. The third-order valence-corrected chi connectivity index (χ3v) is 8.30. The monoisotopic (exact) mass is 630 g/mol. The van der Waals surface area contributed by atoms with Crippen molar-refractivity contribution in [3.8, 4) is 22.5 Å². The lowest BCUT2D eigenvalue weighted by Gasteiger charge is -2.32. The summed E-state index contributed by atoms with van der Waals surface area (Å²) in [5.41, 5.74) is 5.71. The third kappa shape index (κ3) is 6.86. The first-order chi connectivity index (χ1) is 23.0. The molecule has 0 aliphatic carbocycles. The minimum Gasteiger partial charge on any atom is -0.378 e. The molecule has 5 aromatic rings. The van der Waals surface area contributed by atoms with E-state index in [1.54, 1.807) is 42.9 Å². The standard InChI is InChI=1S/C34H34N10O3/c1-42-10-12-44(13-11-42)33(45)24-4-8-28(9-5-24)39-34(46)38-27-6-2-23(3-7-27)31-40-29-18-25(26-19-35-22-36-20-26)21-37-30(29)32(41-31)43-14-16-47-17-15-43/h2-9,18-22H,10-17H2,1H3,(H2,38,39,46). The maximum absolute atomic E-state index is 12.8. The second-order valence-electron chi connectivity index (χ2n) is 11.5. The molecule has 0 radical (unpaired) electrons. The number of rotatable bonds is 6. The van der Waals surface area contributed by atoms with Gasteiger partial charge in [0.1, 0.15) is 11.8 Å². The molecule has 2 N–H and O–H groups in total. The van der Waals surface area contributed by atoms with E-state index >= 15 is 0 Å². The van der Waals surface area contributed by atoms with Crippen LogP contribution in [0.5, 0.6) is 0 Å². The highest BCUT2D eigenvalue weighted by atomic mass is 16.5. The second kappa shape index (κ2) is 13.4. The normalized spacial score (nSPS) is 15.4. The second-order valence-corrected chi connectivity index (χ2v) is 11.5. The third-order valence-electron chi connectivity index (χ3n) is 8.30. The van der Waals surface area contributed by atoms with Gasteiger partial charge in [-0.3, -0.25) is 9.78 Å². The maximum atomic E-state index is 12.8. The van der Waals surface area contributed by atoms with E-state index < -0.39 is 6.03 Å². The zero-order chi connectivity index (χ0) is 32.2. The van der Waals surface area contributed by atoms with Gasteiger partial charge >= 0.3 is 6.03 Å². The van der Waals surface area contributed by atoms with Gasteiger partial charge in [-0.25, -0.2) is 24.7 Å². The highest BCUT2D eigenvalue weighted by Gasteiger charge is 2.21. The van der Waals surface area contributed by atoms with Crippen molar-refractivity contribution in [1.82, 2.24) is 34.7 Å². The lowest BCUT2D eigenvalue weighted by atomic mass is 10.1. The summed E-state index contributed by atoms with van der Waals surface area (Å²) < 4.78 is 5.57. The van der Waals surface area contributed by atoms with Crippen LogP contribution in [-0.2, 0) is 4.74 Å². The van der Waals surface area contributed by atoms with Crippen LogP contribution in [0.1, 0.15) is 10.4 Å². The van der Waals surface area contributed by atoms with Gasteiger partial charge in [0, 0.05) is 91.5 Å². The Morgan fingerprint density at radius 2 is 1.40 bits per heavy atom. The Morgan fingerprint density at radius 1 is 0.745 bits per heavy atom. The molecule has 2 fully saturated rings. The van der Waals surface area contributed by atoms with E-state index in [-0.39, 0.29) is 5.91 Å². The largest absolute Gasteiger partial charge is 0.378 e. The number of carbonyl (C=O) groups is 2. The molecular weight excluding hydrogens is 596 g/mol. The summed E-state index contributed by atoms with van der Waals surface area (Å²) in [6, 6.07) is 15.9. The fourth-order valence-electron chi connectivity index (χ4n) is 5.62. The number of fused-ring (bicyclic) bond motifs is 1. The molecule has 0 spiro atoms. The molecule has 238 valence electrons. The Balaban J connectivity index is 1.06. The molecule has 47 heavy (non-hydrogen) atoms. The van der Waals surface area contributed by atoms with Crippen LogP contribution in [0.25, 0.3) is 33.5 Å². The van der Waals surface area contributed by atoms with Crippen molar-refractivity contribution in [2.75, 3.05) is 75.1 Å². The number of aromatic nitrogens is 5. The highest BCUT2D eigenvalue weighted by Crippen LogP contribution is 2.30. The fourth-order valence-corrected chi connectivity index (χ4v) is 5.62. The molecule has 2 aliphatic rings. The molecule has 7 rings (SSSR count). The Bertz CT molecular complexity index is 1870. The van der Waals surface area contributed by atoms with Gasteiger partial charge in [-0.2, -0.15) is 0 Å². The zero-order valence-corrected chi connectivity index (χ0v) is 26.0. The predicted molar refractivity (Wildman–Crippen MR) is 179 cm³/mol. The van der Waals surface area contributed by atoms with Crippen molar-refractivity contribution in [2.45, 2.75) is 0 Å². The van der Waals surface area contributed by atoms with E-state index in [4.69, 9.17) is 19.7 Å². The number of ether oxygens (including phenoxy) is 1. The van der Waals surface area contributed by atoms with Crippen LogP contribution >= 0.6 is 0 Å². The number of nitrogens with zero attached hydrogens (tertiary/aromatic N) is 8. The average molecular weight is 631 g/mol. The lowest BCUT2D eigenvalue weighted by molar-refractivity contribution is 0.0664. The molecule has 0 unspecified atom stereocenters. The van der Waals surface area contributed by atoms with Crippen LogP contribution in [-0.4, -0.2) is 106 Å². The SMILES string of the molecule is CN1CCN(C(=O)c2ccc(NC(=O)Nc3ccc(-c4nc(N5CCOCC5)c5ncc(-c6cncnc6)cc5n4)cc3)cc2)CC1. The number of carbonyl (C=O) groups excluding carboxylic acids is 2. The van der Waals surface area contributed by atoms with Gasteiger partial charge in [0.05, 0.1) is 18.7 Å². The Morgan fingerprint density at radius 3 is 2.09 bits per heavy atom. The topological polar surface area (TPSA) is 142 Å². The molecule has 3 aromatic heterocycles. The molecule has 2 saturated heterocycles. The van der Waals surface area contributed by atoms with Gasteiger partial charge in [-0.05, 0) is 61.6 Å². The number of urea groups is 1. The Labute approximate surface area is 271 Å². The number of pyridine rings is 1. The van der Waals surface area contributed by atoms with Gasteiger partial charge in [-0.1, -0.05) is 0 Å². The number of hydrogen-bond donors (Lipinski definition) is 2. The summed E-state index contributed by atoms with van der Waals surface area (Å²) >= 11 is 0. The van der Waals surface area contributed by atoms with Crippen molar-refractivity contribution in [2.24, 2.45) is 0 Å². The van der Waals surface area contributed by atoms with E-state index in [9.17, 15) is 9.59 Å². The van der Waals surface area contributed by atoms with E-state index in [1.807, 2.05) is 35.2 Å². The summed E-state index contributed by atoms with van der Waals surface area (Å²) in [5.74, 6) is 1.30. The molecule has 3 amide bonds. The molecule has 2 aliphatic heterocycles. The minimum absolute atomic E-state index is 0.00384. The van der Waals surface area contributed by atoms with Crippen LogP contribution in [0.3, 0.4) is 0 Å². The predicted octanol–water partition coefficient (Wildman–Crippen LogP) is 4.02. The van der Waals surface area contributed by atoms with E-state index in [0.717, 1.165) is 35.6 Å². The summed E-state index contributed by atoms with van der Waals surface area (Å²) in [6.07, 6.45) is 6.78. The molecule has 13 nitrogen and oxygen atoms in total. The summed E-state index contributed by atoms with van der Waals surface area (Å²) in [4.78, 5) is 54.7. The van der Waals surface area contributed by atoms with Gasteiger partial charge < -0.3 is 30.1 Å². The van der Waals surface area contributed by atoms with Crippen molar-refractivity contribution in [3.05, 3.63) is 85.1 Å². The number of hydrogen-bond acceptors (Lipinski definition) is 10. The van der Waals surface area contributed by atoms with Crippen molar-refractivity contribution in [3.63, 3.8) is 0 Å². The van der Waals surface area contributed by atoms with Gasteiger partial charge in [0.15, 0.2) is 11.6 Å². The lowest BCUT2D eigenvalue weighted by Crippen LogP contribution is -2.47. The van der Waals surface area contributed by atoms with Crippen molar-refractivity contribution >= 4 is 40.2 Å². The molecule has 0 saturated carbocycles. The summed E-state index contributed by atoms with van der Waals surface area (Å²) in [7, 11) is 2.05. The first-order valence-electron chi connectivity index (χ1n) is 15.5. The van der Waals surface area contributed by atoms with E-state index in [2.05, 4.69) is 37.4 Å². The van der Waals surface area contributed by atoms with Crippen LogP contribution in [0.4, 0.5) is 22.0 Å². The molecular formula is C34H34N10O3. The number of anilines is 3. The van der Waals surface area contributed by atoms with Gasteiger partial charge in [-0.15, -0.1) is 0 Å².